The molecule has 30 heavy (non-hydrogen) atoms. The summed E-state index contributed by atoms with van der Waals surface area (Å²) >= 11 is 0. The Hall–Kier alpha value is -1.88. The molecule has 160 valence electrons. The maximum Gasteiger partial charge on any atom is 0.267 e. The predicted molar refractivity (Wildman–Crippen MR) is 129 cm³/mol. The number of hydrogen-bond acceptors (Lipinski definition) is 3. The molecule has 0 saturated heterocycles. The van der Waals surface area contributed by atoms with Gasteiger partial charge in [0.2, 0.25) is 5.78 Å². The van der Waals surface area contributed by atoms with Crippen LogP contribution in [0.25, 0.3) is 16.9 Å². The topological polar surface area (TPSA) is 57.1 Å². The van der Waals surface area contributed by atoms with Crippen molar-refractivity contribution in [3.8, 4) is 11.1 Å². The van der Waals surface area contributed by atoms with Crippen LogP contribution in [-0.2, 0) is 13.1 Å². The van der Waals surface area contributed by atoms with E-state index >= 15 is 4.39 Å². The van der Waals surface area contributed by atoms with Gasteiger partial charge < -0.3 is 4.57 Å². The summed E-state index contributed by atoms with van der Waals surface area (Å²) in [5.41, 5.74) is 2.69. The number of halogens is 1. The molecule has 0 aliphatic rings. The molecule has 0 fully saturated rings. The van der Waals surface area contributed by atoms with Crippen molar-refractivity contribution in [3.05, 3.63) is 40.3 Å². The van der Waals surface area contributed by atoms with Crippen molar-refractivity contribution in [3.63, 3.8) is 0 Å². The normalized spacial score (nSPS) is 14.9. The Labute approximate surface area is 181 Å². The smallest absolute Gasteiger partial charge is 0.267 e. The number of alkyl halides is 1. The number of nitrogens with zero attached hydrogens (tertiary/aromatic N) is 5. The van der Waals surface area contributed by atoms with Gasteiger partial charge in [-0.2, -0.15) is 5.10 Å². The summed E-state index contributed by atoms with van der Waals surface area (Å²) in [5.74, 6) is 0.640. The molecule has 3 heterocycles. The third-order valence-electron chi connectivity index (χ3n) is 5.45. The van der Waals surface area contributed by atoms with E-state index in [1.165, 1.54) is 0 Å². The Balaban J connectivity index is 2.07. The van der Waals surface area contributed by atoms with Crippen LogP contribution in [0, 0.1) is 19.3 Å². The quantitative estimate of drug-likeness (QED) is 0.461. The molecule has 0 aliphatic carbocycles. The lowest BCUT2D eigenvalue weighted by atomic mass is 9.53. The SMILES string of the molecule is BC(B)(C)C(F)(P)Cn1cc(-c2c(C)nc3n(CC(C)(C)C)c(C)cn3c2=O)cn1. The molecule has 2 unspecified atom stereocenters. The fraction of sp³-hybridized carbons (Fsp3) is 0.550. The zero-order chi connectivity index (χ0) is 22.6. The fourth-order valence-electron chi connectivity index (χ4n) is 3.40. The standard InChI is InChI=1S/C20H31B2FN5OP/c1-12-8-27-16(29)15(13(2)25-17(27)28(12)10-18(3,4)5)14-7-24-26(9-14)11-20(23,30)19(6,21)22/h7-9H,10-11,21-22,30H2,1-6H3. The maximum atomic E-state index is 15.1. The lowest BCUT2D eigenvalue weighted by molar-refractivity contribution is 0.219. The summed E-state index contributed by atoms with van der Waals surface area (Å²) in [6, 6.07) is 0. The Morgan fingerprint density at radius 3 is 2.33 bits per heavy atom. The van der Waals surface area contributed by atoms with E-state index in [0.717, 1.165) is 12.2 Å². The predicted octanol–water partition coefficient (Wildman–Crippen LogP) is 1.97. The Kier molecular flexibility index (Phi) is 5.60. The monoisotopic (exact) mass is 429 g/mol. The number of aryl methyl sites for hydroxylation is 2. The second-order valence-corrected chi connectivity index (χ2v) is 11.4. The molecule has 0 N–H and O–H groups in total. The van der Waals surface area contributed by atoms with Crippen molar-refractivity contribution in [2.75, 3.05) is 0 Å². The third-order valence-corrected chi connectivity index (χ3v) is 6.50. The van der Waals surface area contributed by atoms with Gasteiger partial charge in [-0.05, 0) is 24.5 Å². The van der Waals surface area contributed by atoms with E-state index in [2.05, 4.69) is 39.7 Å². The average molecular weight is 429 g/mol. The van der Waals surface area contributed by atoms with Gasteiger partial charge in [0.1, 0.15) is 21.1 Å². The van der Waals surface area contributed by atoms with Crippen LogP contribution in [-0.4, -0.2) is 44.8 Å². The van der Waals surface area contributed by atoms with Crippen molar-refractivity contribution in [1.29, 1.82) is 0 Å². The van der Waals surface area contributed by atoms with Crippen LogP contribution in [0.2, 0.25) is 5.21 Å². The van der Waals surface area contributed by atoms with Gasteiger partial charge in [-0.25, -0.2) is 9.37 Å². The number of hydrogen-bond donors (Lipinski definition) is 0. The van der Waals surface area contributed by atoms with E-state index in [0.29, 0.717) is 22.6 Å². The largest absolute Gasteiger partial charge is 0.314 e. The molecular formula is C20H31B2FN5OP. The fourth-order valence-corrected chi connectivity index (χ4v) is 3.59. The first-order valence-corrected chi connectivity index (χ1v) is 10.8. The van der Waals surface area contributed by atoms with Crippen LogP contribution in [0.3, 0.4) is 0 Å². The lowest BCUT2D eigenvalue weighted by Gasteiger charge is -2.34. The zero-order valence-corrected chi connectivity index (χ0v) is 20.4. The summed E-state index contributed by atoms with van der Waals surface area (Å²) in [6.45, 7) is 13.0. The van der Waals surface area contributed by atoms with E-state index in [4.69, 9.17) is 4.98 Å². The Morgan fingerprint density at radius 2 is 1.77 bits per heavy atom. The first-order valence-electron chi connectivity index (χ1n) is 10.2. The lowest BCUT2D eigenvalue weighted by Crippen LogP contribution is -2.36. The van der Waals surface area contributed by atoms with Gasteiger partial charge in [-0.3, -0.25) is 13.9 Å². The molecule has 0 spiro atoms. The minimum absolute atomic E-state index is 0.0554. The van der Waals surface area contributed by atoms with Crippen molar-refractivity contribution >= 4 is 30.7 Å². The average Bonchev–Trinajstić information content (AvgIpc) is 3.11. The van der Waals surface area contributed by atoms with Crippen LogP contribution in [0.5, 0.6) is 0 Å². The van der Waals surface area contributed by atoms with E-state index in [1.807, 2.05) is 42.7 Å². The van der Waals surface area contributed by atoms with Crippen LogP contribution >= 0.6 is 9.24 Å². The van der Waals surface area contributed by atoms with Crippen molar-refractivity contribution in [2.24, 2.45) is 5.41 Å². The third kappa shape index (κ3) is 4.27. The van der Waals surface area contributed by atoms with Gasteiger partial charge in [-0.15, -0.1) is 0 Å². The number of imidazole rings is 1. The molecule has 0 aromatic carbocycles. The highest BCUT2D eigenvalue weighted by Gasteiger charge is 2.38. The van der Waals surface area contributed by atoms with Gasteiger partial charge in [0, 0.05) is 30.2 Å². The molecule has 0 radical (unpaired) electrons. The first kappa shape index (κ1) is 22.8. The molecule has 0 saturated carbocycles. The van der Waals surface area contributed by atoms with E-state index in [1.54, 1.807) is 21.5 Å². The molecule has 3 rings (SSSR count). The highest BCUT2D eigenvalue weighted by Crippen LogP contribution is 2.42. The molecule has 10 heteroatoms. The Morgan fingerprint density at radius 1 is 1.13 bits per heavy atom. The maximum absolute atomic E-state index is 15.1. The molecule has 6 nitrogen and oxygen atoms in total. The van der Waals surface area contributed by atoms with Crippen LogP contribution in [0.15, 0.2) is 23.4 Å². The van der Waals surface area contributed by atoms with E-state index in [9.17, 15) is 4.79 Å². The molecule has 0 aliphatic heterocycles. The van der Waals surface area contributed by atoms with E-state index in [-0.39, 0.29) is 17.5 Å². The zero-order valence-electron chi connectivity index (χ0n) is 19.2. The second-order valence-electron chi connectivity index (χ2n) is 10.5. The number of rotatable bonds is 5. The van der Waals surface area contributed by atoms with Crippen LogP contribution < -0.4 is 5.56 Å². The minimum atomic E-state index is -1.52. The number of aromatic nitrogens is 5. The molecule has 0 amide bonds. The summed E-state index contributed by atoms with van der Waals surface area (Å²) < 4.78 is 20.3. The summed E-state index contributed by atoms with van der Waals surface area (Å²) in [6.07, 6.45) is 5.17. The van der Waals surface area contributed by atoms with E-state index < -0.39 is 10.6 Å². The minimum Gasteiger partial charge on any atom is -0.314 e. The van der Waals surface area contributed by atoms with Crippen LogP contribution in [0.4, 0.5) is 4.39 Å². The van der Waals surface area contributed by atoms with Gasteiger partial charge in [0.25, 0.3) is 5.56 Å². The van der Waals surface area contributed by atoms with Gasteiger partial charge >= 0.3 is 0 Å². The van der Waals surface area contributed by atoms with Crippen molar-refractivity contribution in [1.82, 2.24) is 23.7 Å². The molecule has 0 bridgehead atoms. The first-order chi connectivity index (χ1) is 13.6. The summed E-state index contributed by atoms with van der Waals surface area (Å²) in [7, 11) is 6.00. The summed E-state index contributed by atoms with van der Waals surface area (Å²) in [5, 5.41) is 2.22. The van der Waals surface area contributed by atoms with Gasteiger partial charge in [0.15, 0.2) is 0 Å². The van der Waals surface area contributed by atoms with Crippen molar-refractivity contribution in [2.45, 2.75) is 65.3 Å². The highest BCUT2D eigenvalue weighted by molar-refractivity contribution is 7.19. The van der Waals surface area contributed by atoms with Gasteiger partial charge in [0.05, 0.1) is 24.0 Å². The second kappa shape index (κ2) is 7.37. The van der Waals surface area contributed by atoms with Gasteiger partial charge in [-0.1, -0.05) is 36.9 Å². The Bertz CT molecular complexity index is 1150. The molecular weight excluding hydrogens is 398 g/mol. The number of fused-ring (bicyclic) bond motifs is 1. The van der Waals surface area contributed by atoms with Crippen molar-refractivity contribution < 1.29 is 4.39 Å². The molecule has 2 atom stereocenters. The molecule has 3 aromatic rings. The summed E-state index contributed by atoms with van der Waals surface area (Å²) in [4.78, 5) is 18.1. The van der Waals surface area contributed by atoms with Crippen LogP contribution in [0.1, 0.15) is 39.1 Å². The molecule has 3 aromatic heterocycles. The highest BCUT2D eigenvalue weighted by atomic mass is 31.0.